The van der Waals surface area contributed by atoms with Crippen molar-refractivity contribution in [3.63, 3.8) is 0 Å². The number of hydrogen-bond donors (Lipinski definition) is 1. The van der Waals surface area contributed by atoms with Gasteiger partial charge in [0.2, 0.25) is 0 Å². The molecule has 1 aromatic carbocycles. The molecule has 3 rings (SSSR count). The van der Waals surface area contributed by atoms with Crippen LogP contribution in [0.15, 0.2) is 36.4 Å². The summed E-state index contributed by atoms with van der Waals surface area (Å²) in [6, 6.07) is 9.60. The molecular formula is C20H21F3N2O3. The molecule has 1 atom stereocenters. The lowest BCUT2D eigenvalue weighted by Crippen LogP contribution is -2.31. The van der Waals surface area contributed by atoms with E-state index in [0.717, 1.165) is 31.1 Å². The highest BCUT2D eigenvalue weighted by Crippen LogP contribution is 2.30. The smallest absolute Gasteiger partial charge is 0.433 e. The zero-order valence-corrected chi connectivity index (χ0v) is 15.4. The maximum Gasteiger partial charge on any atom is 0.433 e. The van der Waals surface area contributed by atoms with Crippen LogP contribution in [0.4, 0.5) is 18.9 Å². The van der Waals surface area contributed by atoms with Gasteiger partial charge >= 0.3 is 12.1 Å². The number of aryl methyl sites for hydroxylation is 1. The van der Waals surface area contributed by atoms with Crippen molar-refractivity contribution >= 4 is 11.7 Å². The monoisotopic (exact) mass is 394 g/mol. The summed E-state index contributed by atoms with van der Waals surface area (Å²) in [7, 11) is 0. The van der Waals surface area contributed by atoms with Crippen LogP contribution in [-0.2, 0) is 17.6 Å². The normalized spacial score (nSPS) is 17.0. The number of carbonyl (C=O) groups is 1. The summed E-state index contributed by atoms with van der Waals surface area (Å²) < 4.78 is 43.7. The number of benzene rings is 1. The van der Waals surface area contributed by atoms with Crippen LogP contribution in [0, 0.1) is 6.92 Å². The molecule has 1 unspecified atom stereocenters. The van der Waals surface area contributed by atoms with Crippen molar-refractivity contribution in [3.8, 4) is 5.75 Å². The first kappa shape index (κ1) is 20.0. The number of nitrogens with zero attached hydrogens (tertiary/aromatic N) is 2. The van der Waals surface area contributed by atoms with E-state index in [-0.39, 0.29) is 24.8 Å². The highest BCUT2D eigenvalue weighted by molar-refractivity contribution is 5.69. The van der Waals surface area contributed by atoms with E-state index in [9.17, 15) is 18.0 Å². The number of carboxylic acid groups (broad SMARTS) is 1. The number of aliphatic carboxylic acids is 1. The van der Waals surface area contributed by atoms with Crippen LogP contribution < -0.4 is 9.64 Å². The maximum atomic E-state index is 12.7. The Morgan fingerprint density at radius 1 is 1.25 bits per heavy atom. The van der Waals surface area contributed by atoms with Crippen molar-refractivity contribution in [2.24, 2.45) is 0 Å². The van der Waals surface area contributed by atoms with Gasteiger partial charge in [0, 0.05) is 29.5 Å². The van der Waals surface area contributed by atoms with Crippen molar-refractivity contribution in [2.75, 3.05) is 11.4 Å². The third kappa shape index (κ3) is 4.74. The summed E-state index contributed by atoms with van der Waals surface area (Å²) in [6.07, 6.45) is -2.55. The molecule has 1 fully saturated rings. The molecular weight excluding hydrogens is 373 g/mol. The van der Waals surface area contributed by atoms with Gasteiger partial charge in [-0.3, -0.25) is 4.79 Å². The van der Waals surface area contributed by atoms with Crippen molar-refractivity contribution in [1.82, 2.24) is 4.98 Å². The first-order chi connectivity index (χ1) is 13.2. The molecule has 0 radical (unpaired) electrons. The number of halogens is 3. The third-order valence-electron chi connectivity index (χ3n) is 4.84. The fourth-order valence-electron chi connectivity index (χ4n) is 3.38. The fraction of sp³-hybridized carbons (Fsp3) is 0.400. The SMILES string of the molecule is Cc1nc(C(F)(F)F)ccc1COc1ccc(N2CCCC2CC(=O)O)cc1. The number of carboxylic acids is 1. The maximum absolute atomic E-state index is 12.7. The predicted octanol–water partition coefficient (Wildman–Crippen LogP) is 4.43. The van der Waals surface area contributed by atoms with E-state index in [4.69, 9.17) is 9.84 Å². The Kier molecular flexibility index (Phi) is 5.76. The first-order valence-corrected chi connectivity index (χ1v) is 8.99. The molecule has 2 aromatic rings. The molecule has 28 heavy (non-hydrogen) atoms. The van der Waals surface area contributed by atoms with Gasteiger partial charge in [0.15, 0.2) is 0 Å². The number of alkyl halides is 3. The van der Waals surface area contributed by atoms with E-state index in [1.807, 2.05) is 12.1 Å². The minimum Gasteiger partial charge on any atom is -0.489 e. The summed E-state index contributed by atoms with van der Waals surface area (Å²) in [5, 5.41) is 9.03. The summed E-state index contributed by atoms with van der Waals surface area (Å²) in [5.74, 6) is -0.227. The number of aromatic nitrogens is 1. The van der Waals surface area contributed by atoms with Crippen LogP contribution in [0.3, 0.4) is 0 Å². The minimum absolute atomic E-state index is 0.00913. The molecule has 0 bridgehead atoms. The number of rotatable bonds is 6. The highest BCUT2D eigenvalue weighted by Gasteiger charge is 2.32. The lowest BCUT2D eigenvalue weighted by atomic mass is 10.1. The van der Waals surface area contributed by atoms with Crippen molar-refractivity contribution in [3.05, 3.63) is 53.3 Å². The Balaban J connectivity index is 1.63. The Morgan fingerprint density at radius 2 is 1.96 bits per heavy atom. The second kappa shape index (κ2) is 8.08. The van der Waals surface area contributed by atoms with Gasteiger partial charge < -0.3 is 14.7 Å². The number of pyridine rings is 1. The molecule has 1 aliphatic heterocycles. The minimum atomic E-state index is -4.46. The topological polar surface area (TPSA) is 62.7 Å². The van der Waals surface area contributed by atoms with E-state index < -0.39 is 17.8 Å². The Morgan fingerprint density at radius 3 is 2.57 bits per heavy atom. The summed E-state index contributed by atoms with van der Waals surface area (Å²) in [6.45, 7) is 2.45. The van der Waals surface area contributed by atoms with Gasteiger partial charge in [-0.15, -0.1) is 0 Å². The van der Waals surface area contributed by atoms with E-state index in [2.05, 4.69) is 9.88 Å². The molecule has 150 valence electrons. The van der Waals surface area contributed by atoms with Gasteiger partial charge in [0.25, 0.3) is 0 Å². The van der Waals surface area contributed by atoms with Crippen LogP contribution in [0.2, 0.25) is 0 Å². The first-order valence-electron chi connectivity index (χ1n) is 8.99. The van der Waals surface area contributed by atoms with Crippen LogP contribution in [0.1, 0.15) is 36.2 Å². The van der Waals surface area contributed by atoms with Gasteiger partial charge in [-0.25, -0.2) is 4.98 Å². The number of anilines is 1. The molecule has 2 heterocycles. The largest absolute Gasteiger partial charge is 0.489 e. The van der Waals surface area contributed by atoms with Crippen molar-refractivity contribution < 1.29 is 27.8 Å². The Labute approximate surface area is 160 Å². The Hall–Kier alpha value is -2.77. The zero-order chi connectivity index (χ0) is 20.3. The van der Waals surface area contributed by atoms with Crippen LogP contribution in [-0.4, -0.2) is 28.6 Å². The molecule has 0 amide bonds. The molecule has 0 saturated carbocycles. The van der Waals surface area contributed by atoms with E-state index >= 15 is 0 Å². The zero-order valence-electron chi connectivity index (χ0n) is 15.4. The summed E-state index contributed by atoms with van der Waals surface area (Å²) in [4.78, 5) is 16.7. The van der Waals surface area contributed by atoms with Crippen LogP contribution in [0.5, 0.6) is 5.75 Å². The summed E-state index contributed by atoms with van der Waals surface area (Å²) in [5.41, 5.74) is 0.876. The molecule has 1 saturated heterocycles. The second-order valence-corrected chi connectivity index (χ2v) is 6.81. The molecule has 1 aromatic heterocycles. The van der Waals surface area contributed by atoms with Gasteiger partial charge in [-0.05, 0) is 50.1 Å². The molecule has 1 aliphatic rings. The third-order valence-corrected chi connectivity index (χ3v) is 4.84. The van der Waals surface area contributed by atoms with E-state index in [1.54, 1.807) is 12.1 Å². The fourth-order valence-corrected chi connectivity index (χ4v) is 3.38. The predicted molar refractivity (Wildman–Crippen MR) is 97.4 cm³/mol. The quantitative estimate of drug-likeness (QED) is 0.785. The highest BCUT2D eigenvalue weighted by atomic mass is 19.4. The molecule has 0 aliphatic carbocycles. The van der Waals surface area contributed by atoms with Crippen molar-refractivity contribution in [2.45, 2.75) is 45.0 Å². The molecule has 8 heteroatoms. The lowest BCUT2D eigenvalue weighted by molar-refractivity contribution is -0.141. The molecule has 1 N–H and O–H groups in total. The van der Waals surface area contributed by atoms with Crippen LogP contribution >= 0.6 is 0 Å². The van der Waals surface area contributed by atoms with Gasteiger partial charge in [-0.1, -0.05) is 6.07 Å². The lowest BCUT2D eigenvalue weighted by Gasteiger charge is -2.25. The van der Waals surface area contributed by atoms with Gasteiger partial charge in [0.1, 0.15) is 18.1 Å². The molecule has 0 spiro atoms. The number of ether oxygens (including phenoxy) is 1. The van der Waals surface area contributed by atoms with Gasteiger partial charge in [-0.2, -0.15) is 13.2 Å². The Bertz CT molecular complexity index is 838. The van der Waals surface area contributed by atoms with E-state index in [0.29, 0.717) is 11.3 Å². The standard InChI is InChI=1S/C20H21F3N2O3/c1-13-14(4-9-18(24-13)20(21,22)23)12-28-17-7-5-15(6-8-17)25-10-2-3-16(25)11-19(26)27/h4-9,16H,2-3,10-12H2,1H3,(H,26,27). The van der Waals surface area contributed by atoms with Gasteiger partial charge in [0.05, 0.1) is 6.42 Å². The average molecular weight is 394 g/mol. The summed E-state index contributed by atoms with van der Waals surface area (Å²) >= 11 is 0. The molecule has 5 nitrogen and oxygen atoms in total. The van der Waals surface area contributed by atoms with Crippen molar-refractivity contribution in [1.29, 1.82) is 0 Å². The second-order valence-electron chi connectivity index (χ2n) is 6.81. The van der Waals surface area contributed by atoms with E-state index in [1.165, 1.54) is 13.0 Å². The van der Waals surface area contributed by atoms with Crippen LogP contribution in [0.25, 0.3) is 0 Å². The average Bonchev–Trinajstić information content (AvgIpc) is 3.07. The number of hydrogen-bond acceptors (Lipinski definition) is 4.